The molecule has 0 aliphatic carbocycles. The van der Waals surface area contributed by atoms with Gasteiger partial charge in [-0.05, 0) is 29.8 Å². The highest BCUT2D eigenvalue weighted by molar-refractivity contribution is 5.92. The van der Waals surface area contributed by atoms with Crippen LogP contribution in [-0.2, 0) is 17.9 Å². The molecule has 3 rings (SSSR count). The van der Waals surface area contributed by atoms with E-state index in [9.17, 15) is 19.2 Å². The average molecular weight is 352 g/mol. The van der Waals surface area contributed by atoms with Gasteiger partial charge in [-0.15, -0.1) is 0 Å². The number of H-pyrrole nitrogens is 1. The number of amides is 2. The minimum Gasteiger partial charge on any atom is -0.366 e. The van der Waals surface area contributed by atoms with E-state index in [4.69, 9.17) is 5.73 Å². The Labute approximate surface area is 147 Å². The third-order valence-electron chi connectivity index (χ3n) is 3.89. The SMILES string of the molecule is NC(=O)c1cccc(CNC(=O)Cn2c(=O)[nH]c3ccccc3c2=O)c1. The Balaban J connectivity index is 1.76. The lowest BCUT2D eigenvalue weighted by Crippen LogP contribution is -2.40. The van der Waals surface area contributed by atoms with Gasteiger partial charge in [-0.2, -0.15) is 0 Å². The summed E-state index contributed by atoms with van der Waals surface area (Å²) in [6, 6.07) is 13.1. The second-order valence-electron chi connectivity index (χ2n) is 5.71. The molecule has 3 aromatic rings. The fourth-order valence-corrected chi connectivity index (χ4v) is 2.58. The molecule has 2 aromatic carbocycles. The summed E-state index contributed by atoms with van der Waals surface area (Å²) in [4.78, 5) is 50.3. The Morgan fingerprint density at radius 2 is 1.85 bits per heavy atom. The molecular formula is C18H16N4O4. The van der Waals surface area contributed by atoms with E-state index < -0.39 is 29.6 Å². The summed E-state index contributed by atoms with van der Waals surface area (Å²) in [7, 11) is 0. The molecule has 0 unspecified atom stereocenters. The van der Waals surface area contributed by atoms with Crippen LogP contribution in [0.2, 0.25) is 0 Å². The number of nitrogens with zero attached hydrogens (tertiary/aromatic N) is 1. The first-order chi connectivity index (χ1) is 12.5. The number of carbonyl (C=O) groups excluding carboxylic acids is 2. The van der Waals surface area contributed by atoms with E-state index in [0.29, 0.717) is 22.0 Å². The summed E-state index contributed by atoms with van der Waals surface area (Å²) in [5.74, 6) is -1.07. The van der Waals surface area contributed by atoms with Crippen LogP contribution in [0.4, 0.5) is 0 Å². The molecule has 0 aliphatic heterocycles. The molecule has 2 amide bonds. The van der Waals surface area contributed by atoms with E-state index in [1.807, 2.05) is 0 Å². The Morgan fingerprint density at radius 1 is 1.08 bits per heavy atom. The van der Waals surface area contributed by atoms with Gasteiger partial charge in [0.2, 0.25) is 11.8 Å². The maximum absolute atomic E-state index is 12.4. The number of rotatable bonds is 5. The molecule has 0 fully saturated rings. The number of para-hydroxylation sites is 1. The highest BCUT2D eigenvalue weighted by Crippen LogP contribution is 2.05. The molecule has 4 N–H and O–H groups in total. The lowest BCUT2D eigenvalue weighted by molar-refractivity contribution is -0.121. The summed E-state index contributed by atoms with van der Waals surface area (Å²) < 4.78 is 0.845. The van der Waals surface area contributed by atoms with Crippen LogP contribution in [-0.4, -0.2) is 21.4 Å². The van der Waals surface area contributed by atoms with Crippen LogP contribution in [0.15, 0.2) is 58.1 Å². The molecule has 8 heteroatoms. The van der Waals surface area contributed by atoms with Gasteiger partial charge in [0, 0.05) is 12.1 Å². The molecule has 0 bridgehead atoms. The Morgan fingerprint density at radius 3 is 2.62 bits per heavy atom. The zero-order valence-corrected chi connectivity index (χ0v) is 13.7. The molecule has 0 atom stereocenters. The monoisotopic (exact) mass is 352 g/mol. The van der Waals surface area contributed by atoms with E-state index in [2.05, 4.69) is 10.3 Å². The minimum absolute atomic E-state index is 0.139. The van der Waals surface area contributed by atoms with Crippen molar-refractivity contribution < 1.29 is 9.59 Å². The molecule has 0 aliphatic rings. The van der Waals surface area contributed by atoms with Crippen molar-refractivity contribution in [1.29, 1.82) is 0 Å². The van der Waals surface area contributed by atoms with Crippen LogP contribution in [0.3, 0.4) is 0 Å². The molecule has 0 spiro atoms. The number of nitrogens with two attached hydrogens (primary N) is 1. The van der Waals surface area contributed by atoms with E-state index in [1.165, 1.54) is 0 Å². The maximum atomic E-state index is 12.4. The number of aromatic amines is 1. The molecule has 1 aromatic heterocycles. The molecule has 0 radical (unpaired) electrons. The number of carbonyl (C=O) groups is 2. The van der Waals surface area contributed by atoms with Crippen LogP contribution >= 0.6 is 0 Å². The second-order valence-corrected chi connectivity index (χ2v) is 5.71. The van der Waals surface area contributed by atoms with E-state index in [1.54, 1.807) is 48.5 Å². The number of hydrogen-bond donors (Lipinski definition) is 3. The van der Waals surface area contributed by atoms with Crippen LogP contribution in [0, 0.1) is 0 Å². The lowest BCUT2D eigenvalue weighted by atomic mass is 10.1. The maximum Gasteiger partial charge on any atom is 0.329 e. The molecule has 1 heterocycles. The first-order valence-electron chi connectivity index (χ1n) is 7.83. The van der Waals surface area contributed by atoms with E-state index >= 15 is 0 Å². The second kappa shape index (κ2) is 7.06. The largest absolute Gasteiger partial charge is 0.366 e. The molecule has 0 saturated carbocycles. The van der Waals surface area contributed by atoms with E-state index in [-0.39, 0.29) is 6.54 Å². The van der Waals surface area contributed by atoms with Gasteiger partial charge in [-0.25, -0.2) is 4.79 Å². The standard InChI is InChI=1S/C18H16N4O4/c19-16(24)12-5-3-4-11(8-12)9-20-15(23)10-22-17(25)13-6-1-2-7-14(13)21-18(22)26/h1-8H,9-10H2,(H2,19,24)(H,20,23)(H,21,26). The van der Waals surface area contributed by atoms with Gasteiger partial charge < -0.3 is 16.0 Å². The molecule has 0 saturated heterocycles. The minimum atomic E-state index is -0.653. The lowest BCUT2D eigenvalue weighted by Gasteiger charge is -2.08. The van der Waals surface area contributed by atoms with Crippen molar-refractivity contribution >= 4 is 22.7 Å². The van der Waals surface area contributed by atoms with Gasteiger partial charge in [0.15, 0.2) is 0 Å². The molecule has 132 valence electrons. The summed E-state index contributed by atoms with van der Waals surface area (Å²) in [5.41, 5.74) is 5.46. The molecule has 26 heavy (non-hydrogen) atoms. The van der Waals surface area contributed by atoms with Crippen LogP contribution in [0.25, 0.3) is 10.9 Å². The predicted molar refractivity (Wildman–Crippen MR) is 95.6 cm³/mol. The molecular weight excluding hydrogens is 336 g/mol. The van der Waals surface area contributed by atoms with Gasteiger partial charge in [-0.3, -0.25) is 19.0 Å². The number of nitrogens with one attached hydrogen (secondary N) is 2. The van der Waals surface area contributed by atoms with Crippen molar-refractivity contribution in [3.63, 3.8) is 0 Å². The number of hydrogen-bond acceptors (Lipinski definition) is 4. The first-order valence-corrected chi connectivity index (χ1v) is 7.83. The van der Waals surface area contributed by atoms with Crippen molar-refractivity contribution in [1.82, 2.24) is 14.9 Å². The third-order valence-corrected chi connectivity index (χ3v) is 3.89. The van der Waals surface area contributed by atoms with Gasteiger partial charge >= 0.3 is 5.69 Å². The predicted octanol–water partition coefficient (Wildman–Crippen LogP) is 0.105. The number of aromatic nitrogens is 2. The number of fused-ring (bicyclic) bond motifs is 1. The zero-order chi connectivity index (χ0) is 18.7. The van der Waals surface area contributed by atoms with Gasteiger partial charge in [0.25, 0.3) is 5.56 Å². The highest BCUT2D eigenvalue weighted by Gasteiger charge is 2.11. The Hall–Kier alpha value is -3.68. The summed E-state index contributed by atoms with van der Waals surface area (Å²) in [6.45, 7) is -0.269. The van der Waals surface area contributed by atoms with Crippen LogP contribution < -0.4 is 22.3 Å². The average Bonchev–Trinajstić information content (AvgIpc) is 2.63. The van der Waals surface area contributed by atoms with Crippen LogP contribution in [0.1, 0.15) is 15.9 Å². The Kier molecular flexibility index (Phi) is 4.66. The van der Waals surface area contributed by atoms with Crippen molar-refractivity contribution in [2.24, 2.45) is 5.73 Å². The fourth-order valence-electron chi connectivity index (χ4n) is 2.58. The fraction of sp³-hybridized carbons (Fsp3) is 0.111. The summed E-state index contributed by atoms with van der Waals surface area (Å²) >= 11 is 0. The quantitative estimate of drug-likeness (QED) is 0.602. The van der Waals surface area contributed by atoms with Gasteiger partial charge in [-0.1, -0.05) is 24.3 Å². The topological polar surface area (TPSA) is 127 Å². The summed E-state index contributed by atoms with van der Waals surface area (Å²) in [6.07, 6.45) is 0. The highest BCUT2D eigenvalue weighted by atomic mass is 16.2. The number of benzene rings is 2. The van der Waals surface area contributed by atoms with Crippen LogP contribution in [0.5, 0.6) is 0 Å². The van der Waals surface area contributed by atoms with Crippen molar-refractivity contribution in [2.45, 2.75) is 13.1 Å². The van der Waals surface area contributed by atoms with Crippen molar-refractivity contribution in [3.8, 4) is 0 Å². The normalized spacial score (nSPS) is 10.6. The first kappa shape index (κ1) is 17.2. The number of primary amides is 1. The van der Waals surface area contributed by atoms with Gasteiger partial charge in [0.1, 0.15) is 6.54 Å². The molecule has 8 nitrogen and oxygen atoms in total. The zero-order valence-electron chi connectivity index (χ0n) is 13.7. The van der Waals surface area contributed by atoms with Crippen molar-refractivity contribution in [2.75, 3.05) is 0 Å². The summed E-state index contributed by atoms with van der Waals surface area (Å²) in [5, 5.41) is 2.94. The smallest absolute Gasteiger partial charge is 0.329 e. The van der Waals surface area contributed by atoms with E-state index in [0.717, 1.165) is 4.57 Å². The van der Waals surface area contributed by atoms with Crippen molar-refractivity contribution in [3.05, 3.63) is 80.5 Å². The third kappa shape index (κ3) is 3.54. The Bertz CT molecular complexity index is 1110. The van der Waals surface area contributed by atoms with Gasteiger partial charge in [0.05, 0.1) is 10.9 Å².